The van der Waals surface area contributed by atoms with Gasteiger partial charge >= 0.3 is 5.92 Å². The van der Waals surface area contributed by atoms with Crippen molar-refractivity contribution < 1.29 is 22.6 Å². The molecule has 0 saturated carbocycles. The molecule has 3 aromatic carbocycles. The van der Waals surface area contributed by atoms with Crippen molar-refractivity contribution in [3.05, 3.63) is 66.5 Å². The van der Waals surface area contributed by atoms with Crippen LogP contribution in [0.3, 0.4) is 0 Å². The van der Waals surface area contributed by atoms with E-state index in [1.54, 1.807) is 18.2 Å². The molecule has 1 aliphatic rings. The van der Waals surface area contributed by atoms with E-state index in [1.807, 2.05) is 43.3 Å². The molecule has 2 aromatic heterocycles. The molecule has 0 radical (unpaired) electrons. The van der Waals surface area contributed by atoms with Crippen LogP contribution in [-0.2, 0) is 5.92 Å². The Morgan fingerprint density at radius 3 is 2.32 bits per heavy atom. The zero-order valence-electron chi connectivity index (χ0n) is 22.7. The summed E-state index contributed by atoms with van der Waals surface area (Å²) in [7, 11) is 0. The van der Waals surface area contributed by atoms with Crippen molar-refractivity contribution in [2.45, 2.75) is 12.8 Å². The van der Waals surface area contributed by atoms with Gasteiger partial charge in [0.1, 0.15) is 35.0 Å². The molecule has 5 aromatic rings. The van der Waals surface area contributed by atoms with Gasteiger partial charge in [0.25, 0.3) is 0 Å². The summed E-state index contributed by atoms with van der Waals surface area (Å²) in [6, 6.07) is 19.1. The third kappa shape index (κ3) is 5.54. The molecule has 6 rings (SSSR count). The Morgan fingerprint density at radius 2 is 1.59 bits per heavy atom. The molecule has 0 amide bonds. The van der Waals surface area contributed by atoms with Crippen molar-refractivity contribution in [1.82, 2.24) is 24.8 Å². The van der Waals surface area contributed by atoms with E-state index >= 15 is 0 Å². The number of aromatic amines is 2. The van der Waals surface area contributed by atoms with Gasteiger partial charge in [0.05, 0.1) is 23.3 Å². The van der Waals surface area contributed by atoms with Crippen LogP contribution < -0.4 is 14.4 Å². The van der Waals surface area contributed by atoms with Crippen molar-refractivity contribution >= 4 is 27.8 Å². The van der Waals surface area contributed by atoms with Crippen molar-refractivity contribution in [2.24, 2.45) is 0 Å². The highest BCUT2D eigenvalue weighted by atomic mass is 19.3. The summed E-state index contributed by atoms with van der Waals surface area (Å²) in [5.74, 6) is -2.30. The first kappa shape index (κ1) is 26.9. The number of nitrogens with one attached hydrogen (secondary N) is 2. The molecule has 2 N–H and O–H groups in total. The van der Waals surface area contributed by atoms with Crippen molar-refractivity contribution in [3.8, 4) is 22.9 Å². The molecule has 1 fully saturated rings. The van der Waals surface area contributed by atoms with Crippen LogP contribution in [0.25, 0.3) is 33.5 Å². The summed E-state index contributed by atoms with van der Waals surface area (Å²) < 4.78 is 51.8. The highest BCUT2D eigenvalue weighted by Crippen LogP contribution is 2.32. The van der Waals surface area contributed by atoms with Gasteiger partial charge < -0.3 is 24.3 Å². The molecule has 8 nitrogen and oxygen atoms in total. The normalized spacial score (nSPS) is 14.7. The maximum Gasteiger partial charge on any atom is 0.332 e. The molecule has 0 spiro atoms. The number of rotatable bonds is 10. The topological polar surface area (TPSA) is 82.3 Å². The highest BCUT2D eigenvalue weighted by molar-refractivity contribution is 5.91. The fourth-order valence-electron chi connectivity index (χ4n) is 5.14. The Hall–Kier alpha value is -4.25. The van der Waals surface area contributed by atoms with E-state index in [-0.39, 0.29) is 5.52 Å². The number of hydrogen-bond donors (Lipinski definition) is 2. The quantitative estimate of drug-likeness (QED) is 0.224. The van der Waals surface area contributed by atoms with Crippen LogP contribution in [0.1, 0.15) is 12.7 Å². The number of ether oxygens (including phenoxy) is 2. The number of aromatic nitrogens is 4. The summed E-state index contributed by atoms with van der Waals surface area (Å²) in [4.78, 5) is 19.5. The van der Waals surface area contributed by atoms with E-state index in [0.29, 0.717) is 31.0 Å². The van der Waals surface area contributed by atoms with Gasteiger partial charge in [-0.3, -0.25) is 4.90 Å². The number of halogens is 3. The molecule has 11 heteroatoms. The van der Waals surface area contributed by atoms with Gasteiger partial charge in [-0.25, -0.2) is 14.4 Å². The first-order chi connectivity index (χ1) is 19.9. The second kappa shape index (κ2) is 11.3. The van der Waals surface area contributed by atoms with Gasteiger partial charge in [-0.2, -0.15) is 8.78 Å². The molecule has 0 unspecified atom stereocenters. The molecule has 3 heterocycles. The monoisotopic (exact) mass is 564 g/mol. The molecule has 0 atom stereocenters. The third-order valence-corrected chi connectivity index (χ3v) is 7.30. The molecule has 0 bridgehead atoms. The minimum absolute atomic E-state index is 0.275. The van der Waals surface area contributed by atoms with Crippen LogP contribution in [0.2, 0.25) is 0 Å². The van der Waals surface area contributed by atoms with Crippen LogP contribution in [0.15, 0.2) is 60.7 Å². The molecule has 41 heavy (non-hydrogen) atoms. The fourth-order valence-corrected chi connectivity index (χ4v) is 5.14. The zero-order chi connectivity index (χ0) is 28.4. The number of hydrogen-bond acceptors (Lipinski definition) is 6. The molecule has 1 saturated heterocycles. The Morgan fingerprint density at radius 1 is 0.854 bits per heavy atom. The van der Waals surface area contributed by atoms with Crippen LogP contribution in [-0.4, -0.2) is 77.4 Å². The smallest absolute Gasteiger partial charge is 0.332 e. The third-order valence-electron chi connectivity index (χ3n) is 7.30. The number of anilines is 1. The summed E-state index contributed by atoms with van der Waals surface area (Å²) in [5, 5.41) is 0. The number of nitrogens with zero attached hydrogens (tertiary/aromatic N) is 4. The SMILES string of the molecule is CCOc1ccc(-c2nc3c(N4CCN(CCOc5cccc6[nH]c(C(F)(F)CF)nc56)CC4)cccc3[nH]2)cc1. The summed E-state index contributed by atoms with van der Waals surface area (Å²) in [6.45, 7) is 5.19. The van der Waals surface area contributed by atoms with Crippen molar-refractivity contribution in [1.29, 1.82) is 0 Å². The standard InChI is InChI=1S/C30H31F3N6O2/c1-2-40-21-11-9-20(10-12-21)28-34-22-5-3-7-24(26(22)36-28)39-15-13-38(14-16-39)17-18-41-25-8-4-6-23-27(25)37-29(35-23)30(32,33)19-31/h3-12H,2,13-19H2,1H3,(H,34,36)(H,35,37). The van der Waals surface area contributed by atoms with E-state index in [9.17, 15) is 13.2 Å². The maximum atomic E-state index is 13.8. The number of alkyl halides is 3. The second-order valence-electron chi connectivity index (χ2n) is 9.97. The first-order valence-electron chi connectivity index (χ1n) is 13.7. The molecular weight excluding hydrogens is 533 g/mol. The number of piperazine rings is 1. The van der Waals surface area contributed by atoms with Gasteiger partial charge in [-0.15, -0.1) is 0 Å². The van der Waals surface area contributed by atoms with Gasteiger partial charge in [0, 0.05) is 38.3 Å². The van der Waals surface area contributed by atoms with E-state index in [2.05, 4.69) is 30.8 Å². The lowest BCUT2D eigenvalue weighted by Gasteiger charge is -2.36. The van der Waals surface area contributed by atoms with E-state index in [0.717, 1.165) is 60.0 Å². The Kier molecular flexibility index (Phi) is 7.44. The Bertz CT molecular complexity index is 1630. The lowest BCUT2D eigenvalue weighted by atomic mass is 10.2. The maximum absolute atomic E-state index is 13.8. The number of H-pyrrole nitrogens is 2. The van der Waals surface area contributed by atoms with E-state index < -0.39 is 18.4 Å². The number of benzene rings is 3. The van der Waals surface area contributed by atoms with Crippen LogP contribution in [0, 0.1) is 0 Å². The predicted molar refractivity (Wildman–Crippen MR) is 153 cm³/mol. The molecule has 0 aliphatic carbocycles. The largest absolute Gasteiger partial charge is 0.494 e. The number of imidazole rings is 2. The molecular formula is C30H31F3N6O2. The van der Waals surface area contributed by atoms with E-state index in [4.69, 9.17) is 14.5 Å². The lowest BCUT2D eigenvalue weighted by molar-refractivity contribution is -0.0355. The van der Waals surface area contributed by atoms with E-state index in [1.165, 1.54) is 0 Å². The van der Waals surface area contributed by atoms with Crippen LogP contribution >= 0.6 is 0 Å². The average molecular weight is 565 g/mol. The summed E-state index contributed by atoms with van der Waals surface area (Å²) in [5.41, 5.74) is 4.69. The van der Waals surface area contributed by atoms with Gasteiger partial charge in [-0.05, 0) is 55.5 Å². The van der Waals surface area contributed by atoms with Crippen molar-refractivity contribution in [3.63, 3.8) is 0 Å². The summed E-state index contributed by atoms with van der Waals surface area (Å²) in [6.07, 6.45) is 0. The number of para-hydroxylation sites is 2. The minimum Gasteiger partial charge on any atom is -0.494 e. The highest BCUT2D eigenvalue weighted by Gasteiger charge is 2.35. The van der Waals surface area contributed by atoms with Crippen LogP contribution in [0.5, 0.6) is 11.5 Å². The van der Waals surface area contributed by atoms with Gasteiger partial charge in [-0.1, -0.05) is 12.1 Å². The molecule has 214 valence electrons. The molecule has 1 aliphatic heterocycles. The second-order valence-corrected chi connectivity index (χ2v) is 9.97. The van der Waals surface area contributed by atoms with Gasteiger partial charge in [0.2, 0.25) is 0 Å². The fraction of sp³-hybridized carbons (Fsp3) is 0.333. The average Bonchev–Trinajstić information content (AvgIpc) is 3.64. The summed E-state index contributed by atoms with van der Waals surface area (Å²) >= 11 is 0. The number of fused-ring (bicyclic) bond motifs is 2. The van der Waals surface area contributed by atoms with Gasteiger partial charge in [0.15, 0.2) is 12.5 Å². The minimum atomic E-state index is -3.66. The van der Waals surface area contributed by atoms with Crippen LogP contribution in [0.4, 0.5) is 18.9 Å². The Labute approximate surface area is 235 Å². The predicted octanol–water partition coefficient (Wildman–Crippen LogP) is 5.77. The first-order valence-corrected chi connectivity index (χ1v) is 13.7. The lowest BCUT2D eigenvalue weighted by Crippen LogP contribution is -2.47. The van der Waals surface area contributed by atoms with Crippen molar-refractivity contribution in [2.75, 3.05) is 57.5 Å². The zero-order valence-corrected chi connectivity index (χ0v) is 22.7. The Balaban J connectivity index is 1.07.